The Morgan fingerprint density at radius 1 is 1.46 bits per heavy atom. The van der Waals surface area contributed by atoms with Gasteiger partial charge < -0.3 is 10.8 Å². The predicted octanol–water partition coefficient (Wildman–Crippen LogP) is 0.347. The highest BCUT2D eigenvalue weighted by atomic mass is 16.4. The lowest BCUT2D eigenvalue weighted by molar-refractivity contribution is -0.138. The van der Waals surface area contributed by atoms with Crippen molar-refractivity contribution < 1.29 is 15.0 Å². The molecule has 0 spiro atoms. The monoisotopic (exact) mass is 181 g/mol. The van der Waals surface area contributed by atoms with Crippen LogP contribution in [-0.2, 0) is 11.2 Å². The number of carbonyl (C=O) groups is 1. The van der Waals surface area contributed by atoms with Gasteiger partial charge in [0.1, 0.15) is 6.04 Å². The van der Waals surface area contributed by atoms with Crippen molar-refractivity contribution in [3.8, 4) is 5.75 Å². The molecule has 69 valence electrons. The lowest BCUT2D eigenvalue weighted by atomic mass is 10.1. The van der Waals surface area contributed by atoms with E-state index in [1.54, 1.807) is 12.1 Å². The summed E-state index contributed by atoms with van der Waals surface area (Å²) < 4.78 is 0. The summed E-state index contributed by atoms with van der Waals surface area (Å²) in [5, 5.41) is 17.5. The zero-order valence-electron chi connectivity index (χ0n) is 6.97. The van der Waals surface area contributed by atoms with E-state index in [0.717, 1.165) is 5.56 Å². The van der Waals surface area contributed by atoms with E-state index >= 15 is 0 Å². The third kappa shape index (κ3) is 2.76. The molecule has 0 amide bonds. The van der Waals surface area contributed by atoms with Crippen molar-refractivity contribution in [2.24, 2.45) is 5.73 Å². The Bertz CT molecular complexity index is 294. The number of phenols is 1. The van der Waals surface area contributed by atoms with E-state index in [9.17, 15) is 4.79 Å². The molecule has 13 heavy (non-hydrogen) atoms. The molecule has 0 aliphatic carbocycles. The highest BCUT2D eigenvalue weighted by molar-refractivity contribution is 5.73. The van der Waals surface area contributed by atoms with Gasteiger partial charge in [-0.3, -0.25) is 9.90 Å². The minimum atomic E-state index is -1.02. The molecule has 1 atom stereocenters. The molecule has 1 rings (SSSR count). The fourth-order valence-corrected chi connectivity index (χ4v) is 0.973. The molecule has 0 aliphatic heterocycles. The SMILES string of the molecule is NC(Cc1ccc([OH+])cc1)C(=O)O. The number of hydrogen-bond acceptors (Lipinski definition) is 3. The molecule has 0 fully saturated rings. The number of aliphatic carboxylic acids is 1. The Kier molecular flexibility index (Phi) is 2.87. The van der Waals surface area contributed by atoms with Crippen molar-refractivity contribution in [3.05, 3.63) is 29.8 Å². The lowest BCUT2D eigenvalue weighted by Crippen LogP contribution is -2.32. The van der Waals surface area contributed by atoms with Gasteiger partial charge in [-0.2, -0.15) is 0 Å². The lowest BCUT2D eigenvalue weighted by Gasteiger charge is -2.04. The summed E-state index contributed by atoms with van der Waals surface area (Å²) >= 11 is 0. The van der Waals surface area contributed by atoms with Crippen molar-refractivity contribution in [3.63, 3.8) is 0 Å². The van der Waals surface area contributed by atoms with Crippen molar-refractivity contribution in [2.75, 3.05) is 0 Å². The fourth-order valence-electron chi connectivity index (χ4n) is 0.973. The largest absolute Gasteiger partial charge is 0.480 e. The van der Waals surface area contributed by atoms with Gasteiger partial charge in [-0.15, -0.1) is 0 Å². The molecule has 4 N–H and O–H groups in total. The molecular weight excluding hydrogens is 170 g/mol. The van der Waals surface area contributed by atoms with E-state index < -0.39 is 12.0 Å². The smallest absolute Gasteiger partial charge is 0.340 e. The van der Waals surface area contributed by atoms with Crippen LogP contribution in [0, 0.1) is 0 Å². The second-order valence-electron chi connectivity index (χ2n) is 2.82. The Balaban J connectivity index is 2.64. The van der Waals surface area contributed by atoms with Gasteiger partial charge in [-0.25, -0.2) is 0 Å². The Labute approximate surface area is 75.6 Å². The van der Waals surface area contributed by atoms with E-state index in [1.165, 1.54) is 12.1 Å². The van der Waals surface area contributed by atoms with Crippen LogP contribution in [0.3, 0.4) is 0 Å². The van der Waals surface area contributed by atoms with Crippen LogP contribution in [0.1, 0.15) is 5.56 Å². The molecular formula is C9H11NO3+. The van der Waals surface area contributed by atoms with Gasteiger partial charge in [0.05, 0.1) is 0 Å². The first-order valence-electron chi connectivity index (χ1n) is 3.86. The standard InChI is InChI=1S/C9H11NO3/c10-8(9(12)13)5-6-1-3-7(11)4-2-6/h1-4,8,11H,5,10H2,(H,12,13)/q+1. The minimum Gasteiger partial charge on any atom is -0.480 e. The average Bonchev–Trinajstić information content (AvgIpc) is 2.08. The topological polar surface area (TPSA) is 84.7 Å². The summed E-state index contributed by atoms with van der Waals surface area (Å²) in [7, 11) is 0. The Morgan fingerprint density at radius 2 is 2.00 bits per heavy atom. The molecule has 4 nitrogen and oxygen atoms in total. The summed E-state index contributed by atoms with van der Waals surface area (Å²) in [6.07, 6.45) is 0.273. The van der Waals surface area contributed by atoms with Gasteiger partial charge in [0.25, 0.3) is 0 Å². The van der Waals surface area contributed by atoms with Gasteiger partial charge in [-0.05, 0) is 24.1 Å². The number of nitrogens with two attached hydrogens (primary N) is 1. The highest BCUT2D eigenvalue weighted by Gasteiger charge is 2.12. The molecule has 0 bridgehead atoms. The normalized spacial score (nSPS) is 12.4. The fraction of sp³-hybridized carbons (Fsp3) is 0.222. The van der Waals surface area contributed by atoms with Gasteiger partial charge >= 0.3 is 11.7 Å². The summed E-state index contributed by atoms with van der Waals surface area (Å²) in [5.74, 6) is -0.860. The van der Waals surface area contributed by atoms with Crippen LogP contribution in [0.25, 0.3) is 0 Å². The predicted molar refractivity (Wildman–Crippen MR) is 47.4 cm³/mol. The third-order valence-corrected chi connectivity index (χ3v) is 1.71. The van der Waals surface area contributed by atoms with Crippen LogP contribution in [0.5, 0.6) is 5.75 Å². The maximum absolute atomic E-state index is 10.4. The third-order valence-electron chi connectivity index (χ3n) is 1.71. The van der Waals surface area contributed by atoms with Crippen LogP contribution >= 0.6 is 0 Å². The van der Waals surface area contributed by atoms with E-state index in [1.807, 2.05) is 0 Å². The van der Waals surface area contributed by atoms with E-state index in [-0.39, 0.29) is 12.2 Å². The van der Waals surface area contributed by atoms with Crippen LogP contribution in [0.15, 0.2) is 24.3 Å². The first-order valence-corrected chi connectivity index (χ1v) is 3.86. The van der Waals surface area contributed by atoms with Crippen LogP contribution in [0.2, 0.25) is 0 Å². The number of hydrogen-bond donors (Lipinski definition) is 2. The number of phenolic OH excluding ortho intramolecular Hbond substituents is 1. The molecule has 1 unspecified atom stereocenters. The van der Waals surface area contributed by atoms with E-state index in [0.29, 0.717) is 0 Å². The minimum absolute atomic E-state index is 0.160. The van der Waals surface area contributed by atoms with Crippen molar-refractivity contribution in [1.29, 1.82) is 0 Å². The van der Waals surface area contributed by atoms with Crippen LogP contribution < -0.4 is 5.73 Å². The van der Waals surface area contributed by atoms with Gasteiger partial charge in [0, 0.05) is 12.1 Å². The summed E-state index contributed by atoms with van der Waals surface area (Å²) in [6.45, 7) is 0. The first-order chi connectivity index (χ1) is 6.09. The number of benzene rings is 1. The number of rotatable bonds is 3. The first kappa shape index (κ1) is 9.54. The molecule has 0 saturated heterocycles. The Morgan fingerprint density at radius 3 is 2.46 bits per heavy atom. The number of aromatic hydroxyl groups is 1. The molecule has 0 aromatic heterocycles. The maximum atomic E-state index is 10.4. The molecule has 1 aromatic carbocycles. The second-order valence-corrected chi connectivity index (χ2v) is 2.82. The van der Waals surface area contributed by atoms with Crippen molar-refractivity contribution >= 4 is 5.97 Å². The molecule has 0 saturated carbocycles. The zero-order valence-corrected chi connectivity index (χ0v) is 6.97. The molecule has 4 heteroatoms. The maximum Gasteiger partial charge on any atom is 0.340 e. The molecule has 1 aromatic rings. The summed E-state index contributed by atoms with van der Waals surface area (Å²) in [4.78, 5) is 10.4. The summed E-state index contributed by atoms with van der Waals surface area (Å²) in [5.41, 5.74) is 6.12. The van der Waals surface area contributed by atoms with Crippen LogP contribution in [0.4, 0.5) is 0 Å². The number of carboxylic acid groups (broad SMARTS) is 1. The zero-order chi connectivity index (χ0) is 9.84. The second kappa shape index (κ2) is 3.91. The highest BCUT2D eigenvalue weighted by Crippen LogP contribution is 2.10. The van der Waals surface area contributed by atoms with Crippen LogP contribution in [-0.4, -0.2) is 22.2 Å². The average molecular weight is 181 g/mol. The van der Waals surface area contributed by atoms with Gasteiger partial charge in [0.2, 0.25) is 0 Å². The van der Waals surface area contributed by atoms with Gasteiger partial charge in [0.15, 0.2) is 0 Å². The van der Waals surface area contributed by atoms with E-state index in [2.05, 4.69) is 0 Å². The van der Waals surface area contributed by atoms with Crippen molar-refractivity contribution in [2.45, 2.75) is 12.5 Å². The Hall–Kier alpha value is -1.55. The molecule has 1 radical (unpaired) electrons. The quantitative estimate of drug-likeness (QED) is 0.659. The molecule has 0 heterocycles. The molecule has 0 aliphatic rings. The number of carboxylic acids is 1. The van der Waals surface area contributed by atoms with Gasteiger partial charge in [-0.1, -0.05) is 0 Å². The van der Waals surface area contributed by atoms with Crippen molar-refractivity contribution in [1.82, 2.24) is 0 Å². The summed E-state index contributed by atoms with van der Waals surface area (Å²) in [6, 6.07) is 5.42. The van der Waals surface area contributed by atoms with E-state index in [4.69, 9.17) is 15.9 Å².